The van der Waals surface area contributed by atoms with Gasteiger partial charge in [0.05, 0.1) is 22.8 Å². The van der Waals surface area contributed by atoms with Gasteiger partial charge in [-0.3, -0.25) is 9.89 Å². The van der Waals surface area contributed by atoms with Crippen LogP contribution < -0.4 is 10.6 Å². The minimum Gasteiger partial charge on any atom is -0.350 e. The van der Waals surface area contributed by atoms with Crippen molar-refractivity contribution in [1.82, 2.24) is 29.6 Å². The second kappa shape index (κ2) is 11.1. The number of nitrogens with one attached hydrogen (secondary N) is 1. The highest BCUT2D eigenvalue weighted by molar-refractivity contribution is 5.98. The number of aryl methyl sites for hydroxylation is 3. The van der Waals surface area contributed by atoms with E-state index in [1.54, 1.807) is 11.1 Å². The van der Waals surface area contributed by atoms with E-state index in [-0.39, 0.29) is 17.6 Å². The summed E-state index contributed by atoms with van der Waals surface area (Å²) in [6, 6.07) is 11.0. The average molecular weight is 580 g/mol. The molecule has 0 radical (unpaired) electrons. The summed E-state index contributed by atoms with van der Waals surface area (Å²) in [5.74, 6) is -0.315. The van der Waals surface area contributed by atoms with Crippen molar-refractivity contribution in [3.8, 4) is 16.9 Å². The molecule has 1 saturated heterocycles. The molecule has 0 saturated carbocycles. The number of aromatic nitrogens is 5. The molecule has 10 heteroatoms. The highest BCUT2D eigenvalue weighted by Gasteiger charge is 2.30. The van der Waals surface area contributed by atoms with Crippen LogP contribution in [0.3, 0.4) is 0 Å². The summed E-state index contributed by atoms with van der Waals surface area (Å²) in [5, 5.41) is 8.30. The highest BCUT2D eigenvalue weighted by Crippen LogP contribution is 2.36. The number of nitrogens with zero attached hydrogens (tertiary/aromatic N) is 6. The van der Waals surface area contributed by atoms with Crippen LogP contribution in [0.15, 0.2) is 60.0 Å². The predicted octanol–water partition coefficient (Wildman–Crippen LogP) is 5.26. The number of H-pyrrole nitrogens is 1. The molecule has 1 atom stereocenters. The lowest BCUT2D eigenvalue weighted by molar-refractivity contribution is -0.126. The van der Waals surface area contributed by atoms with Crippen LogP contribution >= 0.6 is 0 Å². The third-order valence-electron chi connectivity index (χ3n) is 8.32. The minimum atomic E-state index is -0.524. The second-order valence-corrected chi connectivity index (χ2v) is 11.2. The first-order chi connectivity index (χ1) is 20.7. The van der Waals surface area contributed by atoms with Gasteiger partial charge in [-0.2, -0.15) is 10.1 Å². The van der Waals surface area contributed by atoms with Crippen molar-refractivity contribution in [3.63, 3.8) is 0 Å². The smallest absolute Gasteiger partial charge is 0.350 e. The number of rotatable bonds is 6. The maximum absolute atomic E-state index is 16.3. The highest BCUT2D eigenvalue weighted by atomic mass is 19.1. The van der Waals surface area contributed by atoms with E-state index in [1.807, 2.05) is 56.0 Å². The number of fused-ring (bicyclic) bond motifs is 2. The summed E-state index contributed by atoms with van der Waals surface area (Å²) in [6.07, 6.45) is 4.61. The number of hydrogen-bond donors (Lipinski definition) is 1. The van der Waals surface area contributed by atoms with E-state index >= 15 is 4.39 Å². The Hall–Kier alpha value is -4.86. The summed E-state index contributed by atoms with van der Waals surface area (Å²) < 4.78 is 17.8. The lowest BCUT2D eigenvalue weighted by Crippen LogP contribution is -2.54. The van der Waals surface area contributed by atoms with Gasteiger partial charge in [0.1, 0.15) is 17.3 Å². The first-order valence-electron chi connectivity index (χ1n) is 14.6. The van der Waals surface area contributed by atoms with E-state index in [0.29, 0.717) is 42.0 Å². The van der Waals surface area contributed by atoms with Crippen molar-refractivity contribution in [3.05, 3.63) is 88.2 Å². The summed E-state index contributed by atoms with van der Waals surface area (Å²) >= 11 is 0. The van der Waals surface area contributed by atoms with Crippen LogP contribution in [0.25, 0.3) is 38.9 Å². The molecule has 1 aliphatic rings. The Bertz CT molecular complexity index is 1960. The van der Waals surface area contributed by atoms with Crippen LogP contribution in [0.1, 0.15) is 37.0 Å². The third kappa shape index (κ3) is 4.76. The largest absolute Gasteiger partial charge is 0.355 e. The Kier molecular flexibility index (Phi) is 7.29. The van der Waals surface area contributed by atoms with Gasteiger partial charge in [0.25, 0.3) is 0 Å². The first kappa shape index (κ1) is 28.3. The maximum atomic E-state index is 16.3. The number of aromatic amines is 1. The Morgan fingerprint density at radius 3 is 2.70 bits per heavy atom. The third-order valence-corrected chi connectivity index (χ3v) is 8.32. The van der Waals surface area contributed by atoms with Crippen LogP contribution in [0.5, 0.6) is 0 Å². The van der Waals surface area contributed by atoms with E-state index in [9.17, 15) is 9.59 Å². The first-order valence-corrected chi connectivity index (χ1v) is 14.6. The number of carbonyl (C=O) groups is 1. The molecule has 0 spiro atoms. The van der Waals surface area contributed by atoms with E-state index < -0.39 is 11.5 Å². The van der Waals surface area contributed by atoms with Gasteiger partial charge in [0, 0.05) is 36.6 Å². The van der Waals surface area contributed by atoms with Gasteiger partial charge >= 0.3 is 5.69 Å². The molecule has 1 aliphatic heterocycles. The van der Waals surface area contributed by atoms with Crippen LogP contribution in [-0.4, -0.2) is 61.2 Å². The lowest BCUT2D eigenvalue weighted by Gasteiger charge is -2.40. The molecule has 43 heavy (non-hydrogen) atoms. The van der Waals surface area contributed by atoms with Gasteiger partial charge in [-0.1, -0.05) is 44.2 Å². The molecule has 1 N–H and O–H groups in total. The fourth-order valence-corrected chi connectivity index (χ4v) is 6.25. The van der Waals surface area contributed by atoms with Gasteiger partial charge in [0.15, 0.2) is 5.65 Å². The quantitative estimate of drug-likeness (QED) is 0.276. The van der Waals surface area contributed by atoms with Crippen molar-refractivity contribution in [1.29, 1.82) is 0 Å². The monoisotopic (exact) mass is 579 g/mol. The summed E-state index contributed by atoms with van der Waals surface area (Å²) in [6.45, 7) is 12.8. The molecule has 1 fully saturated rings. The van der Waals surface area contributed by atoms with Crippen LogP contribution in [0.2, 0.25) is 0 Å². The molecule has 5 aromatic rings. The number of halogens is 1. The number of anilines is 1. The predicted molar refractivity (Wildman–Crippen MR) is 167 cm³/mol. The standard InChI is InChI=1S/C33H34FN7O2/c1-6-9-22-11-8-10-20(4)30(22)41-32-23(31(37-33(41)43)40-15-14-39(18-21(40)5)27(42)7-2)16-25(34)29(36-32)28-19(3)12-13-26-24(28)17-35-38-26/h7-8,10-13,16-17,21H,2,6,9,14-15,18H2,1,3-5H3,(H,35,38)/t21-/m0/s1. The number of benzene rings is 2. The fraction of sp³-hybridized carbons (Fsp3) is 0.303. The Morgan fingerprint density at radius 1 is 1.14 bits per heavy atom. The topological polar surface area (TPSA) is 100 Å². The van der Waals surface area contributed by atoms with E-state index in [0.717, 1.165) is 46.1 Å². The Morgan fingerprint density at radius 2 is 1.95 bits per heavy atom. The number of pyridine rings is 1. The number of carbonyl (C=O) groups excluding carboxylic acids is 1. The number of hydrogen-bond acceptors (Lipinski definition) is 6. The second-order valence-electron chi connectivity index (χ2n) is 11.2. The molecule has 4 heterocycles. The Labute approximate surface area is 248 Å². The van der Waals surface area contributed by atoms with Crippen LogP contribution in [0, 0.1) is 19.7 Å². The Balaban J connectivity index is 1.66. The summed E-state index contributed by atoms with van der Waals surface area (Å²) in [7, 11) is 0. The molecule has 0 bridgehead atoms. The number of piperazine rings is 1. The van der Waals surface area contributed by atoms with Crippen molar-refractivity contribution < 1.29 is 9.18 Å². The van der Waals surface area contributed by atoms with Crippen molar-refractivity contribution in [2.75, 3.05) is 24.5 Å². The molecule has 1 amide bonds. The molecule has 0 unspecified atom stereocenters. The van der Waals surface area contributed by atoms with Gasteiger partial charge in [-0.05, 0) is 62.1 Å². The van der Waals surface area contributed by atoms with E-state index in [4.69, 9.17) is 4.98 Å². The molecule has 0 aliphatic carbocycles. The molecule has 3 aromatic heterocycles. The zero-order valence-corrected chi connectivity index (χ0v) is 24.8. The molecular formula is C33H34FN7O2. The fourth-order valence-electron chi connectivity index (χ4n) is 6.25. The molecule has 9 nitrogen and oxygen atoms in total. The van der Waals surface area contributed by atoms with Gasteiger partial charge in [0.2, 0.25) is 5.91 Å². The molecule has 2 aromatic carbocycles. The molecular weight excluding hydrogens is 545 g/mol. The SMILES string of the molecule is C=CC(=O)N1CCN(c2nc(=O)n(-c3c(C)cccc3CCC)c3nc(-c4c(C)ccc5[nH]ncc45)c(F)cc23)[C@@H](C)C1. The van der Waals surface area contributed by atoms with Crippen LogP contribution in [0.4, 0.5) is 10.2 Å². The van der Waals surface area contributed by atoms with Crippen molar-refractivity contribution in [2.24, 2.45) is 0 Å². The number of para-hydroxylation sites is 1. The minimum absolute atomic E-state index is 0.141. The zero-order valence-electron chi connectivity index (χ0n) is 24.8. The van der Waals surface area contributed by atoms with Crippen LogP contribution in [-0.2, 0) is 11.2 Å². The average Bonchev–Trinajstić information content (AvgIpc) is 3.46. The normalized spacial score (nSPS) is 15.4. The lowest BCUT2D eigenvalue weighted by atomic mass is 10.00. The molecule has 6 rings (SSSR count). The van der Waals surface area contributed by atoms with Gasteiger partial charge in [-0.25, -0.2) is 18.7 Å². The van der Waals surface area contributed by atoms with E-state index in [2.05, 4.69) is 28.7 Å². The van der Waals surface area contributed by atoms with Gasteiger partial charge in [-0.15, -0.1) is 0 Å². The summed E-state index contributed by atoms with van der Waals surface area (Å²) in [5.41, 5.74) is 4.80. The maximum Gasteiger partial charge on any atom is 0.355 e. The number of amides is 1. The zero-order chi connectivity index (χ0) is 30.4. The molecule has 220 valence electrons. The summed E-state index contributed by atoms with van der Waals surface area (Å²) in [4.78, 5) is 39.6. The van der Waals surface area contributed by atoms with E-state index in [1.165, 1.54) is 16.7 Å². The van der Waals surface area contributed by atoms with Crippen molar-refractivity contribution in [2.45, 2.75) is 46.6 Å². The van der Waals surface area contributed by atoms with Crippen molar-refractivity contribution >= 4 is 33.7 Å². The van der Waals surface area contributed by atoms with Gasteiger partial charge < -0.3 is 9.80 Å².